The number of nitrogens with zero attached hydrogens (tertiary/aromatic N) is 2. The number of hydrogen-bond donors (Lipinski definition) is 1. The molecule has 2 aliphatic rings. The standard InChI is InChI=1S/C23H26BrN3O4/c1-13-19(26-23(29)31-12-15-7-5-4-6-8-15)17-11-18(24)25-22(30-3)21(17)27(14(2)28)20(13)16-9-10-16/h4-8,11,13,16,19-20H,9-10,12H2,1-3H3,(H,26,29)/t13-,19-,20?/m1/s1. The predicted molar refractivity (Wildman–Crippen MR) is 120 cm³/mol. The zero-order valence-electron chi connectivity index (χ0n) is 17.8. The number of hydrogen-bond acceptors (Lipinski definition) is 5. The van der Waals surface area contributed by atoms with Gasteiger partial charge in [-0.05, 0) is 46.3 Å². The van der Waals surface area contributed by atoms with Crippen LogP contribution in [0.3, 0.4) is 0 Å². The molecule has 3 atom stereocenters. The van der Waals surface area contributed by atoms with Crippen LogP contribution in [0.1, 0.15) is 43.9 Å². The molecule has 8 heteroatoms. The van der Waals surface area contributed by atoms with E-state index in [1.807, 2.05) is 41.3 Å². The smallest absolute Gasteiger partial charge is 0.407 e. The first-order chi connectivity index (χ1) is 14.9. The summed E-state index contributed by atoms with van der Waals surface area (Å²) >= 11 is 3.43. The lowest BCUT2D eigenvalue weighted by Gasteiger charge is -2.45. The van der Waals surface area contributed by atoms with Gasteiger partial charge in [-0.15, -0.1) is 0 Å². The molecule has 1 aliphatic heterocycles. The summed E-state index contributed by atoms with van der Waals surface area (Å²) in [5.74, 6) is 0.691. The third-order valence-corrected chi connectivity index (χ3v) is 6.43. The van der Waals surface area contributed by atoms with E-state index in [-0.39, 0.29) is 30.5 Å². The molecule has 0 spiro atoms. The van der Waals surface area contributed by atoms with Crippen molar-refractivity contribution in [1.82, 2.24) is 10.3 Å². The van der Waals surface area contributed by atoms with E-state index in [9.17, 15) is 9.59 Å². The quantitative estimate of drug-likeness (QED) is 0.623. The summed E-state index contributed by atoms with van der Waals surface area (Å²) in [6.07, 6.45) is 1.63. The summed E-state index contributed by atoms with van der Waals surface area (Å²) in [5, 5.41) is 3.04. The van der Waals surface area contributed by atoms with Crippen LogP contribution in [-0.4, -0.2) is 30.1 Å². The number of anilines is 1. The van der Waals surface area contributed by atoms with Crippen molar-refractivity contribution in [2.75, 3.05) is 12.0 Å². The summed E-state index contributed by atoms with van der Waals surface area (Å²) in [4.78, 5) is 31.7. The van der Waals surface area contributed by atoms with Crippen molar-refractivity contribution in [3.8, 4) is 5.88 Å². The highest BCUT2D eigenvalue weighted by molar-refractivity contribution is 9.10. The van der Waals surface area contributed by atoms with E-state index in [4.69, 9.17) is 9.47 Å². The fourth-order valence-corrected chi connectivity index (χ4v) is 4.94. The summed E-state index contributed by atoms with van der Waals surface area (Å²) in [6, 6.07) is 11.0. The molecule has 7 nitrogen and oxygen atoms in total. The van der Waals surface area contributed by atoms with Crippen molar-refractivity contribution in [2.24, 2.45) is 11.8 Å². The summed E-state index contributed by atoms with van der Waals surface area (Å²) in [5.41, 5.74) is 2.33. The largest absolute Gasteiger partial charge is 0.479 e. The topological polar surface area (TPSA) is 80.8 Å². The van der Waals surface area contributed by atoms with Crippen LogP contribution in [0, 0.1) is 11.8 Å². The van der Waals surface area contributed by atoms with Crippen molar-refractivity contribution in [1.29, 1.82) is 0 Å². The van der Waals surface area contributed by atoms with Gasteiger partial charge in [0.25, 0.3) is 0 Å². The number of amides is 2. The molecule has 1 aliphatic carbocycles. The van der Waals surface area contributed by atoms with Crippen molar-refractivity contribution < 1.29 is 19.1 Å². The number of fused-ring (bicyclic) bond motifs is 1. The number of halogens is 1. The zero-order valence-corrected chi connectivity index (χ0v) is 19.4. The highest BCUT2D eigenvalue weighted by Crippen LogP contribution is 2.51. The highest BCUT2D eigenvalue weighted by atomic mass is 79.9. The fraction of sp³-hybridized carbons (Fsp3) is 0.435. The molecule has 1 unspecified atom stereocenters. The third-order valence-electron chi connectivity index (χ3n) is 6.02. The Bertz CT molecular complexity index is 980. The minimum atomic E-state index is -0.496. The maximum Gasteiger partial charge on any atom is 0.407 e. The van der Waals surface area contributed by atoms with Crippen molar-refractivity contribution in [3.05, 3.63) is 52.1 Å². The number of nitrogens with one attached hydrogen (secondary N) is 1. The maximum absolute atomic E-state index is 12.7. The summed E-state index contributed by atoms with van der Waals surface area (Å²) in [6.45, 7) is 3.83. The van der Waals surface area contributed by atoms with Gasteiger partial charge in [0.15, 0.2) is 0 Å². The van der Waals surface area contributed by atoms with Crippen molar-refractivity contribution in [3.63, 3.8) is 0 Å². The first kappa shape index (κ1) is 21.6. The monoisotopic (exact) mass is 487 g/mol. The van der Waals surface area contributed by atoms with Crippen LogP contribution in [0.15, 0.2) is 41.0 Å². The third kappa shape index (κ3) is 4.39. The Hall–Kier alpha value is -2.61. The van der Waals surface area contributed by atoms with Gasteiger partial charge < -0.3 is 19.7 Å². The van der Waals surface area contributed by atoms with Gasteiger partial charge in [0.1, 0.15) is 16.9 Å². The van der Waals surface area contributed by atoms with Crippen LogP contribution in [-0.2, 0) is 16.1 Å². The molecule has 0 radical (unpaired) electrons. The molecule has 1 N–H and O–H groups in total. The fourth-order valence-electron chi connectivity index (χ4n) is 4.53. The minimum absolute atomic E-state index is 0.00724. The molecule has 1 fully saturated rings. The summed E-state index contributed by atoms with van der Waals surface area (Å²) in [7, 11) is 1.54. The average molecular weight is 488 g/mol. The number of ether oxygens (including phenoxy) is 2. The number of pyridine rings is 1. The van der Waals surface area contributed by atoms with E-state index in [1.165, 1.54) is 7.11 Å². The molecule has 1 aromatic carbocycles. The molecule has 0 saturated heterocycles. The van der Waals surface area contributed by atoms with Crippen LogP contribution < -0.4 is 15.0 Å². The molecule has 4 rings (SSSR count). The average Bonchev–Trinajstić information content (AvgIpc) is 3.59. The second-order valence-corrected chi connectivity index (χ2v) is 8.96. The molecule has 0 bridgehead atoms. The second kappa shape index (κ2) is 8.86. The van der Waals surface area contributed by atoms with E-state index in [1.54, 1.807) is 6.92 Å². The number of methoxy groups -OCH3 is 1. The van der Waals surface area contributed by atoms with Gasteiger partial charge in [-0.2, -0.15) is 0 Å². The number of aromatic nitrogens is 1. The molecular formula is C23H26BrN3O4. The predicted octanol–water partition coefficient (Wildman–Crippen LogP) is 4.60. The molecule has 1 aromatic heterocycles. The summed E-state index contributed by atoms with van der Waals surface area (Å²) < 4.78 is 11.6. The van der Waals surface area contributed by atoms with Gasteiger partial charge in [-0.1, -0.05) is 37.3 Å². The number of carbonyl (C=O) groups excluding carboxylic acids is 2. The number of rotatable bonds is 5. The maximum atomic E-state index is 12.7. The van der Waals surface area contributed by atoms with Crippen LogP contribution >= 0.6 is 15.9 Å². The minimum Gasteiger partial charge on any atom is -0.479 e. The van der Waals surface area contributed by atoms with Gasteiger partial charge in [-0.25, -0.2) is 9.78 Å². The van der Waals surface area contributed by atoms with Gasteiger partial charge in [0.05, 0.1) is 13.2 Å². The van der Waals surface area contributed by atoms with E-state index in [0.29, 0.717) is 22.1 Å². The lowest BCUT2D eigenvalue weighted by Crippen LogP contribution is -2.53. The molecule has 164 valence electrons. The van der Waals surface area contributed by atoms with E-state index in [0.717, 1.165) is 24.0 Å². The molecule has 2 heterocycles. The SMILES string of the molecule is COc1nc(Br)cc2c1N(C(C)=O)C(C1CC1)[C@H](C)[C@H]2NC(=O)OCc1ccccc1. The van der Waals surface area contributed by atoms with Crippen molar-refractivity contribution in [2.45, 2.75) is 45.4 Å². The molecule has 2 aromatic rings. The first-order valence-corrected chi connectivity index (χ1v) is 11.2. The van der Waals surface area contributed by atoms with E-state index >= 15 is 0 Å². The van der Waals surface area contributed by atoms with Gasteiger partial charge >= 0.3 is 6.09 Å². The second-order valence-electron chi connectivity index (χ2n) is 8.15. The van der Waals surface area contributed by atoms with Crippen molar-refractivity contribution >= 4 is 33.6 Å². The van der Waals surface area contributed by atoms with Gasteiger partial charge in [0, 0.05) is 24.4 Å². The lowest BCUT2D eigenvalue weighted by molar-refractivity contribution is -0.117. The number of carbonyl (C=O) groups is 2. The Balaban J connectivity index is 1.66. The normalized spacial score (nSPS) is 22.5. The molecular weight excluding hydrogens is 462 g/mol. The van der Waals surface area contributed by atoms with Gasteiger partial charge in [-0.3, -0.25) is 4.79 Å². The Labute approximate surface area is 190 Å². The molecule has 2 amide bonds. The Morgan fingerprint density at radius 3 is 2.58 bits per heavy atom. The Morgan fingerprint density at radius 2 is 1.97 bits per heavy atom. The van der Waals surface area contributed by atoms with E-state index < -0.39 is 6.09 Å². The van der Waals surface area contributed by atoms with Crippen LogP contribution in [0.5, 0.6) is 5.88 Å². The number of benzene rings is 1. The zero-order chi connectivity index (χ0) is 22.1. The van der Waals surface area contributed by atoms with Crippen LogP contribution in [0.2, 0.25) is 0 Å². The van der Waals surface area contributed by atoms with Crippen LogP contribution in [0.4, 0.5) is 10.5 Å². The lowest BCUT2D eigenvalue weighted by atomic mass is 9.80. The molecule has 31 heavy (non-hydrogen) atoms. The first-order valence-electron chi connectivity index (χ1n) is 10.4. The highest BCUT2D eigenvalue weighted by Gasteiger charge is 2.49. The molecule has 1 saturated carbocycles. The van der Waals surface area contributed by atoms with Crippen LogP contribution in [0.25, 0.3) is 0 Å². The van der Waals surface area contributed by atoms with Gasteiger partial charge in [0.2, 0.25) is 11.8 Å². The Morgan fingerprint density at radius 1 is 1.26 bits per heavy atom. The number of alkyl carbamates (subject to hydrolysis) is 1. The van der Waals surface area contributed by atoms with E-state index in [2.05, 4.69) is 33.2 Å². The Kier molecular flexibility index (Phi) is 6.18.